The van der Waals surface area contributed by atoms with Crippen molar-refractivity contribution >= 4 is 28.4 Å². The number of allylic oxidation sites excluding steroid dienone is 3. The number of imide groups is 1. The fraction of sp³-hybridized carbons (Fsp3) is 0.382. The summed E-state index contributed by atoms with van der Waals surface area (Å²) in [4.78, 5) is 27.1. The number of carbonyl (C=O) groups excluding carboxylic acids is 2. The summed E-state index contributed by atoms with van der Waals surface area (Å²) >= 11 is 0. The van der Waals surface area contributed by atoms with E-state index < -0.39 is 5.60 Å². The molecule has 2 saturated heterocycles. The van der Waals surface area contributed by atoms with Gasteiger partial charge in [-0.2, -0.15) is 0 Å². The number of rotatable bonds is 6. The second-order valence-corrected chi connectivity index (χ2v) is 11.9. The molecule has 6 N–H and O–H groups in total. The number of amides is 2. The van der Waals surface area contributed by atoms with Crippen LogP contribution in [0.5, 0.6) is 0 Å². The average molecular weight is 588 g/mol. The summed E-state index contributed by atoms with van der Waals surface area (Å²) in [5.41, 5.74) is 15.9. The van der Waals surface area contributed by atoms with Gasteiger partial charge in [0.05, 0.1) is 11.1 Å². The predicted octanol–water partition coefficient (Wildman–Crippen LogP) is 4.73. The molecule has 0 bridgehead atoms. The normalized spacial score (nSPS) is 21.9. The van der Waals surface area contributed by atoms with Crippen LogP contribution in [0.1, 0.15) is 69.1 Å². The van der Waals surface area contributed by atoms with Crippen LogP contribution in [0.4, 0.5) is 4.39 Å². The van der Waals surface area contributed by atoms with Crippen molar-refractivity contribution in [2.75, 3.05) is 13.1 Å². The van der Waals surface area contributed by atoms with Crippen molar-refractivity contribution in [2.24, 2.45) is 17.4 Å². The summed E-state index contributed by atoms with van der Waals surface area (Å²) < 4.78 is 15.3. The topological polar surface area (TPSA) is 135 Å². The summed E-state index contributed by atoms with van der Waals surface area (Å²) in [5, 5.41) is 14.0. The van der Waals surface area contributed by atoms with Crippen molar-refractivity contribution in [3.8, 4) is 0 Å². The van der Waals surface area contributed by atoms with Gasteiger partial charge in [-0.1, -0.05) is 44.2 Å². The number of pyridine rings is 1. The zero-order valence-electron chi connectivity index (χ0n) is 25.1. The van der Waals surface area contributed by atoms with Gasteiger partial charge in [0, 0.05) is 54.8 Å². The van der Waals surface area contributed by atoms with Crippen molar-refractivity contribution in [2.45, 2.75) is 64.5 Å². The van der Waals surface area contributed by atoms with Gasteiger partial charge in [0.2, 0.25) is 11.8 Å². The Morgan fingerprint density at radius 1 is 1.12 bits per heavy atom. The average Bonchev–Trinajstić information content (AvgIpc) is 2.97. The van der Waals surface area contributed by atoms with E-state index in [1.54, 1.807) is 24.4 Å². The Morgan fingerprint density at radius 3 is 2.42 bits per heavy atom. The van der Waals surface area contributed by atoms with Crippen molar-refractivity contribution in [1.29, 1.82) is 0 Å². The molecule has 2 aliphatic rings. The molecule has 2 amide bonds. The number of nitrogens with two attached hydrogens (primary N) is 2. The molecular weight excluding hydrogens is 545 g/mol. The Balaban J connectivity index is 0.000000458. The highest BCUT2D eigenvalue weighted by Crippen LogP contribution is 2.39. The highest BCUT2D eigenvalue weighted by Gasteiger charge is 2.40. The lowest BCUT2D eigenvalue weighted by atomic mass is 9.77. The first-order valence-electron chi connectivity index (χ1n) is 14.8. The molecule has 2 atom stereocenters. The lowest BCUT2D eigenvalue weighted by Crippen LogP contribution is -2.50. The first kappa shape index (κ1) is 31.8. The van der Waals surface area contributed by atoms with Crippen LogP contribution >= 0.6 is 0 Å². The van der Waals surface area contributed by atoms with Crippen molar-refractivity contribution in [3.63, 3.8) is 0 Å². The number of halogens is 1. The van der Waals surface area contributed by atoms with E-state index in [-0.39, 0.29) is 29.5 Å². The molecule has 0 saturated carbocycles. The molecule has 0 radical (unpaired) electrons. The molecule has 2 fully saturated rings. The molecule has 228 valence electrons. The fourth-order valence-electron chi connectivity index (χ4n) is 5.52. The van der Waals surface area contributed by atoms with E-state index >= 15 is 4.39 Å². The molecule has 3 heterocycles. The van der Waals surface area contributed by atoms with Crippen LogP contribution in [-0.4, -0.2) is 45.5 Å². The molecule has 9 heteroatoms. The number of aliphatic hydroxyl groups is 1. The van der Waals surface area contributed by atoms with Gasteiger partial charge in [-0.25, -0.2) is 4.39 Å². The molecule has 8 nitrogen and oxygen atoms in total. The number of carbonyl (C=O) groups is 2. The SMILES string of the molecule is CC(C)/C(N)=C/C=C(\N)c1ccc(CN2CCC(c3ccc4ncccc4c3F)C(C)(O)C2)cc1.O=C1CCCC(=O)N1. The van der Waals surface area contributed by atoms with Crippen molar-refractivity contribution in [3.05, 3.63) is 95.1 Å². The van der Waals surface area contributed by atoms with Gasteiger partial charge in [0.15, 0.2) is 0 Å². The number of nitrogens with one attached hydrogen (secondary N) is 1. The lowest BCUT2D eigenvalue weighted by molar-refractivity contribution is -0.132. The molecule has 2 aromatic carbocycles. The van der Waals surface area contributed by atoms with Crippen LogP contribution < -0.4 is 16.8 Å². The van der Waals surface area contributed by atoms with Gasteiger partial charge >= 0.3 is 0 Å². The highest BCUT2D eigenvalue weighted by molar-refractivity contribution is 5.97. The van der Waals surface area contributed by atoms with E-state index in [0.29, 0.717) is 60.9 Å². The minimum absolute atomic E-state index is 0.138. The molecular formula is C34H42FN5O3. The summed E-state index contributed by atoms with van der Waals surface area (Å²) in [6.45, 7) is 7.83. The maximum absolute atomic E-state index is 15.3. The number of benzene rings is 2. The molecule has 2 unspecified atom stereocenters. The Morgan fingerprint density at radius 2 is 1.81 bits per heavy atom. The molecule has 0 aliphatic carbocycles. The third kappa shape index (κ3) is 8.27. The molecule has 43 heavy (non-hydrogen) atoms. The van der Waals surface area contributed by atoms with Crippen LogP contribution in [0.15, 0.2) is 72.6 Å². The van der Waals surface area contributed by atoms with E-state index in [0.717, 1.165) is 23.4 Å². The highest BCUT2D eigenvalue weighted by atomic mass is 19.1. The number of piperidine rings is 2. The molecule has 2 aliphatic heterocycles. The minimum atomic E-state index is -1.05. The maximum atomic E-state index is 15.3. The number of aromatic nitrogens is 1. The largest absolute Gasteiger partial charge is 0.402 e. The summed E-state index contributed by atoms with van der Waals surface area (Å²) in [6, 6.07) is 15.2. The van der Waals surface area contributed by atoms with Crippen LogP contribution in [-0.2, 0) is 16.1 Å². The Bertz CT molecular complexity index is 1500. The van der Waals surface area contributed by atoms with Crippen molar-refractivity contribution < 1.29 is 19.1 Å². The monoisotopic (exact) mass is 587 g/mol. The zero-order chi connectivity index (χ0) is 31.1. The van der Waals surface area contributed by atoms with E-state index in [1.165, 1.54) is 0 Å². The lowest BCUT2D eigenvalue weighted by Gasteiger charge is -2.43. The number of fused-ring (bicyclic) bond motifs is 1. The van der Waals surface area contributed by atoms with Crippen molar-refractivity contribution in [1.82, 2.24) is 15.2 Å². The first-order valence-corrected chi connectivity index (χ1v) is 14.8. The zero-order valence-corrected chi connectivity index (χ0v) is 25.1. The van der Waals surface area contributed by atoms with Crippen LogP contribution in [0, 0.1) is 11.7 Å². The van der Waals surface area contributed by atoms with Gasteiger partial charge < -0.3 is 16.6 Å². The van der Waals surface area contributed by atoms with Crippen LogP contribution in [0.3, 0.4) is 0 Å². The van der Waals surface area contributed by atoms with Crippen LogP contribution in [0.2, 0.25) is 0 Å². The van der Waals surface area contributed by atoms with Crippen LogP contribution in [0.25, 0.3) is 16.6 Å². The minimum Gasteiger partial charge on any atom is -0.402 e. The molecule has 0 spiro atoms. The number of nitrogens with zero attached hydrogens (tertiary/aromatic N) is 2. The molecule has 5 rings (SSSR count). The second kappa shape index (κ2) is 13.9. The van der Waals surface area contributed by atoms with Gasteiger partial charge in [-0.05, 0) is 79.3 Å². The van der Waals surface area contributed by atoms with Gasteiger partial charge in [0.25, 0.3) is 0 Å². The molecule has 1 aromatic heterocycles. The van der Waals surface area contributed by atoms with Gasteiger partial charge in [0.1, 0.15) is 5.82 Å². The summed E-state index contributed by atoms with van der Waals surface area (Å²) in [7, 11) is 0. The first-order chi connectivity index (χ1) is 20.4. The van der Waals surface area contributed by atoms with E-state index in [9.17, 15) is 14.7 Å². The van der Waals surface area contributed by atoms with Gasteiger partial charge in [-0.3, -0.25) is 24.8 Å². The standard InChI is InChI=1S/C29H35FN4O.C5H7NO2/c1-19(2)25(31)11-12-26(32)21-8-6-20(7-9-21)17-34-16-14-24(29(3,35)18-34)22-10-13-27-23(28(22)30)5-4-15-33-27;7-4-2-1-3-5(8)6-4/h4-13,15,19,24,35H,14,16-18,31-32H2,1-3H3;1-3H2,(H,6,7,8)/b25-11-,26-12-;. The quantitative estimate of drug-likeness (QED) is 0.242. The number of β-amino-alcohol motifs (C(OH)–C–C–N with tert-alkyl or cyclic N) is 1. The number of hydrogen-bond acceptors (Lipinski definition) is 7. The smallest absolute Gasteiger partial charge is 0.226 e. The van der Waals surface area contributed by atoms with E-state index in [4.69, 9.17) is 11.5 Å². The van der Waals surface area contributed by atoms with E-state index in [2.05, 4.69) is 27.3 Å². The second-order valence-electron chi connectivity index (χ2n) is 11.9. The van der Waals surface area contributed by atoms with Gasteiger partial charge in [-0.15, -0.1) is 0 Å². The predicted molar refractivity (Wildman–Crippen MR) is 168 cm³/mol. The fourth-order valence-corrected chi connectivity index (χ4v) is 5.52. The summed E-state index contributed by atoms with van der Waals surface area (Å²) in [5.74, 6) is -0.553. The molecule has 3 aromatic rings. The third-order valence-electron chi connectivity index (χ3n) is 8.06. The Hall–Kier alpha value is -4.08. The third-order valence-corrected chi connectivity index (χ3v) is 8.06. The van der Waals surface area contributed by atoms with E-state index in [1.807, 2.05) is 51.1 Å². The maximum Gasteiger partial charge on any atom is 0.226 e. The number of likely N-dealkylation sites (tertiary alicyclic amines) is 1. The Labute approximate surface area is 252 Å². The summed E-state index contributed by atoms with van der Waals surface area (Å²) in [6.07, 6.45) is 7.76. The Kier molecular flexibility index (Phi) is 10.3. The number of hydrogen-bond donors (Lipinski definition) is 4.